The molecule has 1 saturated carbocycles. The Bertz CT molecular complexity index is 854. The SMILES string of the molecule is CC1=CC[C@H]2C(C)(C)CCC[C@]2(C)[C@H]1C[C@H](OS(=O)(=O)O)[C@H](C)CCCc1ccoc1. The van der Waals surface area contributed by atoms with E-state index in [0.717, 1.165) is 37.7 Å². The van der Waals surface area contributed by atoms with Gasteiger partial charge in [-0.2, -0.15) is 8.42 Å². The molecule has 3 rings (SSSR count). The first-order chi connectivity index (χ1) is 14.4. The van der Waals surface area contributed by atoms with Crippen molar-refractivity contribution in [3.8, 4) is 0 Å². The molecule has 0 aromatic carbocycles. The summed E-state index contributed by atoms with van der Waals surface area (Å²) in [4.78, 5) is 0. The van der Waals surface area contributed by atoms with Gasteiger partial charge in [-0.25, -0.2) is 4.18 Å². The molecular formula is C25H40O5S. The van der Waals surface area contributed by atoms with Crippen molar-refractivity contribution in [2.75, 3.05) is 0 Å². The summed E-state index contributed by atoms with van der Waals surface area (Å²) in [5, 5.41) is 0. The number of fused-ring (bicyclic) bond motifs is 1. The molecule has 2 aliphatic carbocycles. The molecule has 6 heteroatoms. The van der Waals surface area contributed by atoms with E-state index in [9.17, 15) is 13.0 Å². The molecule has 1 aromatic rings. The van der Waals surface area contributed by atoms with Crippen LogP contribution in [0.15, 0.2) is 34.7 Å². The first kappa shape index (κ1) is 24.5. The maximum Gasteiger partial charge on any atom is 0.397 e. The molecule has 2 aliphatic rings. The Hall–Kier alpha value is -1.11. The van der Waals surface area contributed by atoms with Gasteiger partial charge >= 0.3 is 10.4 Å². The lowest BCUT2D eigenvalue weighted by Crippen LogP contribution is -2.49. The number of rotatable bonds is 9. The van der Waals surface area contributed by atoms with Crippen LogP contribution in [-0.2, 0) is 21.0 Å². The topological polar surface area (TPSA) is 76.7 Å². The number of hydrogen-bond donors (Lipinski definition) is 1. The van der Waals surface area contributed by atoms with Crippen LogP contribution in [0.2, 0.25) is 0 Å². The molecule has 0 spiro atoms. The Labute approximate surface area is 188 Å². The Morgan fingerprint density at radius 3 is 2.68 bits per heavy atom. The van der Waals surface area contributed by atoms with Crippen molar-refractivity contribution in [1.29, 1.82) is 0 Å². The highest BCUT2D eigenvalue weighted by Crippen LogP contribution is 2.60. The fourth-order valence-corrected chi connectivity index (χ4v) is 7.18. The molecule has 1 heterocycles. The van der Waals surface area contributed by atoms with Crippen molar-refractivity contribution in [3.05, 3.63) is 35.8 Å². The van der Waals surface area contributed by atoms with Crippen LogP contribution in [0.4, 0.5) is 0 Å². The molecule has 0 bridgehead atoms. The summed E-state index contributed by atoms with van der Waals surface area (Å²) in [6, 6.07) is 1.96. The van der Waals surface area contributed by atoms with Crippen molar-refractivity contribution in [1.82, 2.24) is 0 Å². The van der Waals surface area contributed by atoms with Crippen molar-refractivity contribution in [2.45, 2.75) is 92.1 Å². The minimum atomic E-state index is -4.51. The minimum Gasteiger partial charge on any atom is -0.472 e. The molecule has 1 aromatic heterocycles. The lowest BCUT2D eigenvalue weighted by molar-refractivity contribution is -0.0517. The third-order valence-electron chi connectivity index (χ3n) is 8.35. The van der Waals surface area contributed by atoms with Gasteiger partial charge in [-0.15, -0.1) is 0 Å². The molecule has 0 aliphatic heterocycles. The summed E-state index contributed by atoms with van der Waals surface area (Å²) in [6.07, 6.45) is 13.2. The summed E-state index contributed by atoms with van der Waals surface area (Å²) in [5.74, 6) is 0.848. The quantitative estimate of drug-likeness (QED) is 0.337. The predicted octanol–water partition coefficient (Wildman–Crippen LogP) is 6.62. The van der Waals surface area contributed by atoms with Crippen molar-refractivity contribution < 1.29 is 21.6 Å². The van der Waals surface area contributed by atoms with Crippen molar-refractivity contribution in [2.24, 2.45) is 28.6 Å². The number of hydrogen-bond acceptors (Lipinski definition) is 4. The first-order valence-electron chi connectivity index (χ1n) is 11.8. The molecule has 0 radical (unpaired) electrons. The highest BCUT2D eigenvalue weighted by Gasteiger charge is 2.52. The monoisotopic (exact) mass is 452 g/mol. The van der Waals surface area contributed by atoms with Crippen LogP contribution in [0.3, 0.4) is 0 Å². The van der Waals surface area contributed by atoms with Crippen LogP contribution in [0.25, 0.3) is 0 Å². The number of furan rings is 1. The first-order valence-corrected chi connectivity index (χ1v) is 13.1. The Kier molecular flexibility index (Phi) is 7.44. The second kappa shape index (κ2) is 9.40. The smallest absolute Gasteiger partial charge is 0.397 e. The van der Waals surface area contributed by atoms with E-state index >= 15 is 0 Å². The van der Waals surface area contributed by atoms with E-state index in [4.69, 9.17) is 8.60 Å². The Balaban J connectivity index is 1.77. The van der Waals surface area contributed by atoms with Gasteiger partial charge in [-0.05, 0) is 92.1 Å². The largest absolute Gasteiger partial charge is 0.472 e. The fraction of sp³-hybridized carbons (Fsp3) is 0.760. The zero-order valence-corrected chi connectivity index (χ0v) is 20.6. The van der Waals surface area contributed by atoms with Gasteiger partial charge in [0.1, 0.15) is 0 Å². The third-order valence-corrected chi connectivity index (χ3v) is 8.84. The van der Waals surface area contributed by atoms with Crippen molar-refractivity contribution in [3.63, 3.8) is 0 Å². The number of allylic oxidation sites excluding steroid dienone is 2. The van der Waals surface area contributed by atoms with Crippen LogP contribution < -0.4 is 0 Å². The van der Waals surface area contributed by atoms with Gasteiger partial charge in [0.05, 0.1) is 18.6 Å². The van der Waals surface area contributed by atoms with Gasteiger partial charge in [0.2, 0.25) is 0 Å². The molecular weight excluding hydrogens is 412 g/mol. The summed E-state index contributed by atoms with van der Waals surface area (Å²) >= 11 is 0. The molecule has 0 unspecified atom stereocenters. The zero-order chi connectivity index (χ0) is 22.9. The summed E-state index contributed by atoms with van der Waals surface area (Å²) < 4.78 is 43.3. The third kappa shape index (κ3) is 5.82. The molecule has 5 nitrogen and oxygen atoms in total. The van der Waals surface area contributed by atoms with Crippen LogP contribution in [-0.4, -0.2) is 19.1 Å². The number of aryl methyl sites for hydroxylation is 1. The van der Waals surface area contributed by atoms with E-state index in [0.29, 0.717) is 12.3 Å². The Morgan fingerprint density at radius 1 is 1.29 bits per heavy atom. The van der Waals surface area contributed by atoms with Crippen LogP contribution in [0.5, 0.6) is 0 Å². The van der Waals surface area contributed by atoms with E-state index in [1.165, 1.54) is 18.4 Å². The molecule has 0 saturated heterocycles. The maximum atomic E-state index is 11.7. The van der Waals surface area contributed by atoms with E-state index in [1.807, 2.05) is 13.0 Å². The predicted molar refractivity (Wildman–Crippen MR) is 123 cm³/mol. The Morgan fingerprint density at radius 2 is 2.03 bits per heavy atom. The second-order valence-corrected chi connectivity index (χ2v) is 12.0. The molecule has 176 valence electrons. The highest BCUT2D eigenvalue weighted by molar-refractivity contribution is 7.80. The molecule has 31 heavy (non-hydrogen) atoms. The zero-order valence-electron chi connectivity index (χ0n) is 19.8. The van der Waals surface area contributed by atoms with Gasteiger partial charge in [0.25, 0.3) is 0 Å². The normalized spacial score (nSPS) is 30.3. The van der Waals surface area contributed by atoms with Crippen LogP contribution >= 0.6 is 0 Å². The fourth-order valence-electron chi connectivity index (χ4n) is 6.60. The standard InChI is InChI=1S/C25H40O5S/c1-18-10-11-23-24(3,4)13-7-14-25(23,5)21(18)16-22(30-31(26,27)28)19(2)8-6-9-20-12-15-29-17-20/h10,12,15,17,19,21-23H,6-9,11,13-14,16H2,1-5H3,(H,26,27,28)/t19-,21+,22+,23+,25-/m1/s1. The van der Waals surface area contributed by atoms with Crippen LogP contribution in [0, 0.1) is 28.6 Å². The van der Waals surface area contributed by atoms with E-state index in [1.54, 1.807) is 12.5 Å². The van der Waals surface area contributed by atoms with Gasteiger partial charge in [0, 0.05) is 0 Å². The molecule has 5 atom stereocenters. The van der Waals surface area contributed by atoms with Gasteiger partial charge in [-0.3, -0.25) is 4.55 Å². The van der Waals surface area contributed by atoms with E-state index < -0.39 is 16.5 Å². The summed E-state index contributed by atoms with van der Waals surface area (Å²) in [7, 11) is -4.51. The van der Waals surface area contributed by atoms with Gasteiger partial charge in [0.15, 0.2) is 0 Å². The summed E-state index contributed by atoms with van der Waals surface area (Å²) in [5.41, 5.74) is 2.88. The van der Waals surface area contributed by atoms with E-state index in [-0.39, 0.29) is 22.7 Å². The molecule has 0 amide bonds. The molecule has 1 N–H and O–H groups in total. The minimum absolute atomic E-state index is 0.0159. The lowest BCUT2D eigenvalue weighted by Gasteiger charge is -2.57. The van der Waals surface area contributed by atoms with Gasteiger partial charge in [-0.1, -0.05) is 45.8 Å². The average Bonchev–Trinajstić information content (AvgIpc) is 3.15. The van der Waals surface area contributed by atoms with E-state index in [2.05, 4.69) is 33.8 Å². The molecule has 1 fully saturated rings. The van der Waals surface area contributed by atoms with Crippen molar-refractivity contribution >= 4 is 10.4 Å². The van der Waals surface area contributed by atoms with Gasteiger partial charge < -0.3 is 4.42 Å². The average molecular weight is 453 g/mol. The maximum absolute atomic E-state index is 11.7. The highest BCUT2D eigenvalue weighted by atomic mass is 32.3. The lowest BCUT2D eigenvalue weighted by atomic mass is 9.48. The van der Waals surface area contributed by atoms with Crippen LogP contribution in [0.1, 0.15) is 85.1 Å². The summed E-state index contributed by atoms with van der Waals surface area (Å²) in [6.45, 7) is 11.4. The second-order valence-electron chi connectivity index (χ2n) is 10.9.